The van der Waals surface area contributed by atoms with Crippen molar-refractivity contribution < 1.29 is 14.3 Å². The van der Waals surface area contributed by atoms with Gasteiger partial charge in [-0.15, -0.1) is 0 Å². The van der Waals surface area contributed by atoms with Gasteiger partial charge in [-0.05, 0) is 32.1 Å². The summed E-state index contributed by atoms with van der Waals surface area (Å²) in [6, 6.07) is 0. The van der Waals surface area contributed by atoms with Crippen LogP contribution in [0.1, 0.15) is 33.1 Å². The molecule has 2 fully saturated rings. The summed E-state index contributed by atoms with van der Waals surface area (Å²) >= 11 is 0. The molecule has 3 unspecified atom stereocenters. The third kappa shape index (κ3) is 2.82. The Morgan fingerprint density at radius 3 is 2.37 bits per heavy atom. The number of ether oxygens (including phenoxy) is 1. The highest BCUT2D eigenvalue weighted by Crippen LogP contribution is 2.42. The maximum absolute atomic E-state index is 12.2. The van der Waals surface area contributed by atoms with E-state index in [-0.39, 0.29) is 29.8 Å². The third-order valence-electron chi connectivity index (χ3n) is 4.30. The van der Waals surface area contributed by atoms with Crippen LogP contribution in [0.4, 0.5) is 0 Å². The van der Waals surface area contributed by atoms with E-state index in [4.69, 9.17) is 10.5 Å². The molecular weight excluding hydrogens is 244 g/mol. The average Bonchev–Trinajstić information content (AvgIpc) is 2.86. The monoisotopic (exact) mass is 268 g/mol. The normalized spacial score (nSPS) is 31.9. The van der Waals surface area contributed by atoms with Crippen molar-refractivity contribution in [2.75, 3.05) is 19.7 Å². The Hall–Kier alpha value is -0.940. The van der Waals surface area contributed by atoms with Gasteiger partial charge in [-0.2, -0.15) is 0 Å². The minimum atomic E-state index is -0.0648. The van der Waals surface area contributed by atoms with Gasteiger partial charge in [0.05, 0.1) is 17.9 Å². The highest BCUT2D eigenvalue weighted by Gasteiger charge is 2.51. The van der Waals surface area contributed by atoms with Crippen molar-refractivity contribution >= 4 is 11.8 Å². The molecule has 0 aromatic rings. The number of imide groups is 1. The van der Waals surface area contributed by atoms with Gasteiger partial charge in [-0.25, -0.2) is 0 Å². The van der Waals surface area contributed by atoms with Crippen LogP contribution < -0.4 is 5.73 Å². The van der Waals surface area contributed by atoms with Gasteiger partial charge < -0.3 is 10.5 Å². The minimum Gasteiger partial charge on any atom is -0.377 e. The molecule has 1 aliphatic heterocycles. The predicted octanol–water partition coefficient (Wildman–Crippen LogP) is 0.771. The maximum atomic E-state index is 12.2. The topological polar surface area (TPSA) is 72.6 Å². The van der Waals surface area contributed by atoms with E-state index in [1.807, 2.05) is 6.92 Å². The van der Waals surface area contributed by atoms with Gasteiger partial charge in [0.2, 0.25) is 11.8 Å². The van der Waals surface area contributed by atoms with Crippen LogP contribution in [0.3, 0.4) is 0 Å². The highest BCUT2D eigenvalue weighted by molar-refractivity contribution is 6.05. The second-order valence-electron chi connectivity index (χ2n) is 5.72. The van der Waals surface area contributed by atoms with Crippen molar-refractivity contribution in [3.05, 3.63) is 0 Å². The minimum absolute atomic E-state index is 0.0200. The van der Waals surface area contributed by atoms with Crippen molar-refractivity contribution in [3.8, 4) is 0 Å². The molecule has 1 saturated carbocycles. The Balaban J connectivity index is 1.92. The molecule has 5 nitrogen and oxygen atoms in total. The van der Waals surface area contributed by atoms with Crippen molar-refractivity contribution in [2.45, 2.75) is 39.2 Å². The molecule has 2 aliphatic rings. The fraction of sp³-hybridized carbons (Fsp3) is 0.857. The summed E-state index contributed by atoms with van der Waals surface area (Å²) in [6.45, 7) is 5.50. The van der Waals surface area contributed by atoms with Gasteiger partial charge in [0.1, 0.15) is 0 Å². The first-order valence-electron chi connectivity index (χ1n) is 7.25. The van der Waals surface area contributed by atoms with Crippen molar-refractivity contribution in [2.24, 2.45) is 23.5 Å². The van der Waals surface area contributed by atoms with Crippen LogP contribution in [0.15, 0.2) is 0 Å². The molecule has 19 heavy (non-hydrogen) atoms. The zero-order chi connectivity index (χ0) is 14.0. The first-order chi connectivity index (χ1) is 9.08. The van der Waals surface area contributed by atoms with Crippen LogP contribution in [0.25, 0.3) is 0 Å². The van der Waals surface area contributed by atoms with E-state index < -0.39 is 0 Å². The van der Waals surface area contributed by atoms with E-state index >= 15 is 0 Å². The molecular formula is C14H24N2O3. The van der Waals surface area contributed by atoms with Crippen LogP contribution in [0.5, 0.6) is 0 Å². The Kier molecular flexibility index (Phi) is 4.58. The Bertz CT molecular complexity index is 335. The molecule has 0 bridgehead atoms. The molecule has 0 aromatic carbocycles. The lowest BCUT2D eigenvalue weighted by Gasteiger charge is -2.20. The third-order valence-corrected chi connectivity index (χ3v) is 4.30. The second kappa shape index (κ2) is 6.01. The first kappa shape index (κ1) is 14.5. The quantitative estimate of drug-likeness (QED) is 0.722. The smallest absolute Gasteiger partial charge is 0.233 e. The molecule has 5 heteroatoms. The number of rotatable bonds is 6. The molecule has 0 radical (unpaired) electrons. The Labute approximate surface area is 114 Å². The highest BCUT2D eigenvalue weighted by atomic mass is 16.5. The van der Waals surface area contributed by atoms with Crippen LogP contribution in [0, 0.1) is 17.8 Å². The second-order valence-corrected chi connectivity index (χ2v) is 5.72. The first-order valence-corrected chi connectivity index (χ1v) is 7.25. The molecule has 2 amide bonds. The number of carbonyl (C=O) groups excluding carboxylic acids is 2. The molecule has 0 aromatic heterocycles. The van der Waals surface area contributed by atoms with E-state index in [2.05, 4.69) is 6.92 Å². The Morgan fingerprint density at radius 1 is 1.32 bits per heavy atom. The number of fused-ring (bicyclic) bond motifs is 1. The summed E-state index contributed by atoms with van der Waals surface area (Å²) in [4.78, 5) is 25.9. The molecule has 0 spiro atoms. The van der Waals surface area contributed by atoms with Crippen LogP contribution in [-0.2, 0) is 14.3 Å². The summed E-state index contributed by atoms with van der Waals surface area (Å²) in [5.41, 5.74) is 5.61. The summed E-state index contributed by atoms with van der Waals surface area (Å²) in [5.74, 6) is 0.403. The van der Waals surface area contributed by atoms with E-state index in [0.29, 0.717) is 32.0 Å². The molecule has 108 valence electrons. The van der Waals surface area contributed by atoms with Crippen LogP contribution in [-0.4, -0.2) is 42.5 Å². The fourth-order valence-electron chi connectivity index (χ4n) is 3.34. The number of nitrogens with two attached hydrogens (primary N) is 1. The standard InChI is InChI=1S/C14H24N2O3/c1-3-19-10(8-15)4-5-16-13(17)11-6-9(2)7-12(11)14(16)18/h9-12H,3-8,15H2,1-2H3. The summed E-state index contributed by atoms with van der Waals surface area (Å²) in [6.07, 6.45) is 2.29. The lowest BCUT2D eigenvalue weighted by molar-refractivity contribution is -0.140. The Morgan fingerprint density at radius 2 is 1.89 bits per heavy atom. The molecule has 1 saturated heterocycles. The van der Waals surface area contributed by atoms with Gasteiger partial charge in [0.25, 0.3) is 0 Å². The van der Waals surface area contributed by atoms with Crippen LogP contribution >= 0.6 is 0 Å². The average molecular weight is 268 g/mol. The number of carbonyl (C=O) groups is 2. The molecule has 2 N–H and O–H groups in total. The van der Waals surface area contributed by atoms with Crippen molar-refractivity contribution in [3.63, 3.8) is 0 Å². The summed E-state index contributed by atoms with van der Waals surface area (Å²) in [5, 5.41) is 0. The van der Waals surface area contributed by atoms with Gasteiger partial charge in [-0.3, -0.25) is 14.5 Å². The SMILES string of the molecule is CCOC(CN)CCN1C(=O)C2CC(C)CC2C1=O. The maximum Gasteiger partial charge on any atom is 0.233 e. The zero-order valence-electron chi connectivity index (χ0n) is 11.8. The van der Waals surface area contributed by atoms with Crippen LogP contribution in [0.2, 0.25) is 0 Å². The van der Waals surface area contributed by atoms with E-state index in [9.17, 15) is 9.59 Å². The van der Waals surface area contributed by atoms with Gasteiger partial charge >= 0.3 is 0 Å². The lowest BCUT2D eigenvalue weighted by Crippen LogP contribution is -2.36. The summed E-state index contributed by atoms with van der Waals surface area (Å²) in [7, 11) is 0. The number of hydrogen-bond acceptors (Lipinski definition) is 4. The van der Waals surface area contributed by atoms with Crippen molar-refractivity contribution in [1.29, 1.82) is 0 Å². The van der Waals surface area contributed by atoms with Crippen molar-refractivity contribution in [1.82, 2.24) is 4.90 Å². The number of nitrogens with zero attached hydrogens (tertiary/aromatic N) is 1. The zero-order valence-corrected chi connectivity index (χ0v) is 11.8. The van der Waals surface area contributed by atoms with Gasteiger partial charge in [0, 0.05) is 19.7 Å². The molecule has 2 rings (SSSR count). The molecule has 1 heterocycles. The van der Waals surface area contributed by atoms with E-state index in [1.54, 1.807) is 0 Å². The summed E-state index contributed by atoms with van der Waals surface area (Å²) < 4.78 is 5.46. The van der Waals surface area contributed by atoms with Gasteiger partial charge in [0.15, 0.2) is 0 Å². The fourth-order valence-corrected chi connectivity index (χ4v) is 3.34. The molecule has 3 atom stereocenters. The van der Waals surface area contributed by atoms with E-state index in [0.717, 1.165) is 12.8 Å². The largest absolute Gasteiger partial charge is 0.377 e. The number of likely N-dealkylation sites (tertiary alicyclic amines) is 1. The predicted molar refractivity (Wildman–Crippen MR) is 71.2 cm³/mol. The number of hydrogen-bond donors (Lipinski definition) is 1. The number of amides is 2. The van der Waals surface area contributed by atoms with Gasteiger partial charge in [-0.1, -0.05) is 6.92 Å². The lowest BCUT2D eigenvalue weighted by atomic mass is 10.00. The molecule has 1 aliphatic carbocycles. The van der Waals surface area contributed by atoms with E-state index in [1.165, 1.54) is 4.90 Å².